The Morgan fingerprint density at radius 2 is 1.78 bits per heavy atom. The maximum atomic E-state index is 13.1. The lowest BCUT2D eigenvalue weighted by molar-refractivity contribution is -0.384. The van der Waals surface area contributed by atoms with Gasteiger partial charge in [-0.2, -0.15) is 4.31 Å². The summed E-state index contributed by atoms with van der Waals surface area (Å²) in [5.74, 6) is 0. The largest absolute Gasteiger partial charge is 0.396 e. The number of hydrogen-bond acceptors (Lipinski definition) is 5. The lowest BCUT2D eigenvalue weighted by Gasteiger charge is -2.37. The van der Waals surface area contributed by atoms with Crippen molar-refractivity contribution < 1.29 is 18.4 Å². The number of fused-ring (bicyclic) bond motifs is 1. The molecule has 0 radical (unpaired) electrons. The van der Waals surface area contributed by atoms with Crippen molar-refractivity contribution in [2.75, 3.05) is 19.7 Å². The molecule has 142 valence electrons. The van der Waals surface area contributed by atoms with Gasteiger partial charge in [0, 0.05) is 42.7 Å². The molecule has 1 aliphatic heterocycles. The Labute approximate surface area is 157 Å². The summed E-state index contributed by atoms with van der Waals surface area (Å²) < 4.78 is 27.6. The zero-order valence-corrected chi connectivity index (χ0v) is 15.4. The molecule has 0 bridgehead atoms. The van der Waals surface area contributed by atoms with Crippen LogP contribution in [0, 0.1) is 15.5 Å². The zero-order chi connectivity index (χ0) is 19.3. The van der Waals surface area contributed by atoms with Crippen molar-refractivity contribution in [3.63, 3.8) is 0 Å². The first-order valence-corrected chi connectivity index (χ1v) is 10.2. The molecular formula is C19H20N2O5S. The van der Waals surface area contributed by atoms with Gasteiger partial charge in [0.1, 0.15) is 0 Å². The van der Waals surface area contributed by atoms with Gasteiger partial charge in [-0.05, 0) is 30.5 Å². The summed E-state index contributed by atoms with van der Waals surface area (Å²) in [5, 5.41) is 20.8. The van der Waals surface area contributed by atoms with Crippen LogP contribution in [-0.2, 0) is 15.4 Å². The second-order valence-corrected chi connectivity index (χ2v) is 9.34. The highest BCUT2D eigenvalue weighted by Gasteiger charge is 2.70. The molecule has 1 aliphatic carbocycles. The van der Waals surface area contributed by atoms with Crippen molar-refractivity contribution >= 4 is 15.7 Å². The standard InChI is InChI=1S/C19H20N2O5S/c22-14-18-10-11-20(13-19(18,12-18)15-4-2-1-3-5-15)27(25,26)17-8-6-16(7-9-17)21(23)24/h1-9,22H,10-14H2/t18-,19-/m0/s1. The first-order valence-electron chi connectivity index (χ1n) is 8.76. The van der Waals surface area contributed by atoms with Gasteiger partial charge in [-0.3, -0.25) is 10.1 Å². The van der Waals surface area contributed by atoms with Crippen molar-refractivity contribution in [3.8, 4) is 0 Å². The molecule has 1 N–H and O–H groups in total. The van der Waals surface area contributed by atoms with E-state index in [1.807, 2.05) is 30.3 Å². The molecule has 27 heavy (non-hydrogen) atoms. The molecule has 2 aliphatic rings. The van der Waals surface area contributed by atoms with Crippen molar-refractivity contribution in [3.05, 3.63) is 70.3 Å². The molecule has 1 saturated carbocycles. The van der Waals surface area contributed by atoms with Crippen LogP contribution in [0.4, 0.5) is 5.69 Å². The van der Waals surface area contributed by atoms with Gasteiger partial charge in [0.2, 0.25) is 10.0 Å². The fraction of sp³-hybridized carbons (Fsp3) is 0.368. The first-order chi connectivity index (χ1) is 12.8. The van der Waals surface area contributed by atoms with Crippen LogP contribution in [-0.4, -0.2) is 42.4 Å². The number of nitrogens with zero attached hydrogens (tertiary/aromatic N) is 2. The van der Waals surface area contributed by atoms with Crippen LogP contribution in [0.15, 0.2) is 59.5 Å². The van der Waals surface area contributed by atoms with Crippen molar-refractivity contribution in [2.45, 2.75) is 23.2 Å². The number of aliphatic hydroxyl groups excluding tert-OH is 1. The van der Waals surface area contributed by atoms with Gasteiger partial charge in [0.05, 0.1) is 9.82 Å². The molecule has 2 fully saturated rings. The average molecular weight is 388 g/mol. The van der Waals surface area contributed by atoms with E-state index in [1.165, 1.54) is 28.6 Å². The van der Waals surface area contributed by atoms with Gasteiger partial charge in [-0.1, -0.05) is 30.3 Å². The maximum absolute atomic E-state index is 13.1. The second-order valence-electron chi connectivity index (χ2n) is 7.40. The molecule has 0 unspecified atom stereocenters. The minimum absolute atomic E-state index is 0.0350. The van der Waals surface area contributed by atoms with E-state index in [4.69, 9.17) is 0 Å². The lowest BCUT2D eigenvalue weighted by atomic mass is 9.82. The second kappa shape index (κ2) is 6.12. The highest BCUT2D eigenvalue weighted by atomic mass is 32.2. The summed E-state index contributed by atoms with van der Waals surface area (Å²) >= 11 is 0. The van der Waals surface area contributed by atoms with E-state index in [-0.39, 0.29) is 28.0 Å². The summed E-state index contributed by atoms with van der Waals surface area (Å²) in [7, 11) is -3.76. The minimum atomic E-state index is -3.76. The Balaban J connectivity index is 1.66. The topological polar surface area (TPSA) is 101 Å². The van der Waals surface area contributed by atoms with E-state index in [0.717, 1.165) is 12.0 Å². The Morgan fingerprint density at radius 1 is 1.11 bits per heavy atom. The Bertz CT molecular complexity index is 977. The average Bonchev–Trinajstić information content (AvgIpc) is 3.39. The van der Waals surface area contributed by atoms with Gasteiger partial charge in [-0.25, -0.2) is 8.42 Å². The number of rotatable bonds is 5. The van der Waals surface area contributed by atoms with Crippen LogP contribution in [0.1, 0.15) is 18.4 Å². The molecule has 7 nitrogen and oxygen atoms in total. The minimum Gasteiger partial charge on any atom is -0.396 e. The van der Waals surface area contributed by atoms with Crippen LogP contribution >= 0.6 is 0 Å². The van der Waals surface area contributed by atoms with Gasteiger partial charge >= 0.3 is 0 Å². The van der Waals surface area contributed by atoms with Gasteiger partial charge in [0.25, 0.3) is 5.69 Å². The number of nitro groups is 1. The molecular weight excluding hydrogens is 368 g/mol. The highest BCUT2D eigenvalue weighted by molar-refractivity contribution is 7.89. The number of nitro benzene ring substituents is 1. The van der Waals surface area contributed by atoms with E-state index in [0.29, 0.717) is 19.5 Å². The number of piperidine rings is 1. The highest BCUT2D eigenvalue weighted by Crippen LogP contribution is 2.68. The molecule has 0 spiro atoms. The quantitative estimate of drug-likeness (QED) is 0.626. The zero-order valence-electron chi connectivity index (χ0n) is 14.6. The Kier molecular flexibility index (Phi) is 4.10. The molecule has 2 aromatic carbocycles. The molecule has 0 aromatic heterocycles. The molecule has 4 rings (SSSR count). The van der Waals surface area contributed by atoms with Crippen LogP contribution in [0.25, 0.3) is 0 Å². The summed E-state index contributed by atoms with van der Waals surface area (Å²) in [6.45, 7) is 0.665. The van der Waals surface area contributed by atoms with Gasteiger partial charge in [0.15, 0.2) is 0 Å². The number of non-ortho nitro benzene ring substituents is 1. The first kappa shape index (κ1) is 18.1. The fourth-order valence-electron chi connectivity index (χ4n) is 4.44. The van der Waals surface area contributed by atoms with Crippen molar-refractivity contribution in [2.24, 2.45) is 5.41 Å². The van der Waals surface area contributed by atoms with Gasteiger partial charge in [-0.15, -0.1) is 0 Å². The number of sulfonamides is 1. The normalized spacial score (nSPS) is 27.7. The van der Waals surface area contributed by atoms with Crippen molar-refractivity contribution in [1.82, 2.24) is 4.31 Å². The molecule has 2 aromatic rings. The summed E-state index contributed by atoms with van der Waals surface area (Å²) in [6.07, 6.45) is 1.34. The van der Waals surface area contributed by atoms with E-state index in [2.05, 4.69) is 0 Å². The molecule has 2 atom stereocenters. The van der Waals surface area contributed by atoms with Crippen LogP contribution in [0.2, 0.25) is 0 Å². The monoisotopic (exact) mass is 388 g/mol. The van der Waals surface area contributed by atoms with E-state index in [9.17, 15) is 23.6 Å². The maximum Gasteiger partial charge on any atom is 0.269 e. The summed E-state index contributed by atoms with van der Waals surface area (Å²) in [6, 6.07) is 14.7. The Morgan fingerprint density at radius 3 is 2.37 bits per heavy atom. The third-order valence-corrected chi connectivity index (χ3v) is 7.99. The number of benzene rings is 2. The third kappa shape index (κ3) is 2.67. The molecule has 1 saturated heterocycles. The van der Waals surface area contributed by atoms with Crippen LogP contribution in [0.3, 0.4) is 0 Å². The number of aliphatic hydroxyl groups is 1. The molecule has 0 amide bonds. The predicted octanol–water partition coefficient (Wildman–Crippen LogP) is 2.31. The fourth-order valence-corrected chi connectivity index (χ4v) is 5.94. The molecule has 8 heteroatoms. The van der Waals surface area contributed by atoms with E-state index < -0.39 is 14.9 Å². The summed E-state index contributed by atoms with van der Waals surface area (Å²) in [5.41, 5.74) is 0.253. The van der Waals surface area contributed by atoms with Crippen LogP contribution < -0.4 is 0 Å². The molecule has 1 heterocycles. The predicted molar refractivity (Wildman–Crippen MR) is 98.7 cm³/mol. The lowest BCUT2D eigenvalue weighted by Crippen LogP contribution is -2.46. The number of hydrogen-bond donors (Lipinski definition) is 1. The SMILES string of the molecule is O=[N+]([O-])c1ccc(S(=O)(=O)N2CC[C@@]3(CO)C[C@@]3(c3ccccc3)C2)cc1. The third-order valence-electron chi connectivity index (χ3n) is 6.13. The summed E-state index contributed by atoms with van der Waals surface area (Å²) in [4.78, 5) is 10.3. The van der Waals surface area contributed by atoms with Crippen molar-refractivity contribution in [1.29, 1.82) is 0 Å². The smallest absolute Gasteiger partial charge is 0.269 e. The van der Waals surface area contributed by atoms with Crippen LogP contribution in [0.5, 0.6) is 0 Å². The van der Waals surface area contributed by atoms with E-state index in [1.54, 1.807) is 0 Å². The van der Waals surface area contributed by atoms with E-state index >= 15 is 0 Å². The Hall–Kier alpha value is -2.29. The van der Waals surface area contributed by atoms with Gasteiger partial charge < -0.3 is 5.11 Å².